The Morgan fingerprint density at radius 2 is 2.13 bits per heavy atom. The number of hydrogen-bond acceptors (Lipinski definition) is 1. The highest BCUT2D eigenvalue weighted by Gasteiger charge is 2.25. The molecule has 1 aromatic rings. The molecule has 1 aliphatic carbocycles. The van der Waals surface area contributed by atoms with E-state index < -0.39 is 0 Å². The lowest BCUT2D eigenvalue weighted by Gasteiger charge is -2.13. The van der Waals surface area contributed by atoms with Crippen molar-refractivity contribution in [2.45, 2.75) is 25.3 Å². The molecule has 1 atom stereocenters. The molecule has 4 heteroatoms. The van der Waals surface area contributed by atoms with Gasteiger partial charge in [-0.15, -0.1) is 12.4 Å². The number of hydrogen-bond donors (Lipinski definition) is 1. The fraction of sp³-hybridized carbons (Fsp3) is 0.455. The van der Waals surface area contributed by atoms with E-state index in [0.29, 0.717) is 0 Å². The van der Waals surface area contributed by atoms with E-state index >= 15 is 0 Å². The first-order valence-corrected chi connectivity index (χ1v) is 5.25. The Bertz CT molecular complexity index is 339. The van der Waals surface area contributed by atoms with Crippen LogP contribution in [0.15, 0.2) is 18.2 Å². The van der Waals surface area contributed by atoms with Crippen LogP contribution in [0.4, 0.5) is 4.39 Å². The van der Waals surface area contributed by atoms with Gasteiger partial charge in [0.15, 0.2) is 0 Å². The molecule has 1 fully saturated rings. The van der Waals surface area contributed by atoms with Crippen molar-refractivity contribution in [1.82, 2.24) is 0 Å². The quantitative estimate of drug-likeness (QED) is 0.869. The third-order valence-corrected chi connectivity index (χ3v) is 3.06. The number of benzene rings is 1. The summed E-state index contributed by atoms with van der Waals surface area (Å²) in [7, 11) is 0. The maximum Gasteiger partial charge on any atom is 0.142 e. The molecule has 1 saturated carbocycles. The largest absolute Gasteiger partial charge is 0.324 e. The Kier molecular flexibility index (Phi) is 4.38. The Hall–Kier alpha value is -0.310. The van der Waals surface area contributed by atoms with Gasteiger partial charge in [0.05, 0.1) is 5.02 Å². The molecule has 2 N–H and O–H groups in total. The topological polar surface area (TPSA) is 26.0 Å². The second kappa shape index (κ2) is 5.15. The molecule has 0 amide bonds. The lowest BCUT2D eigenvalue weighted by molar-refractivity contribution is 0.583. The Morgan fingerprint density at radius 1 is 1.47 bits per heavy atom. The minimum absolute atomic E-state index is 0. The second-order valence-electron chi connectivity index (χ2n) is 3.93. The summed E-state index contributed by atoms with van der Waals surface area (Å²) in [6.45, 7) is 0. The van der Waals surface area contributed by atoms with E-state index in [1.807, 2.05) is 0 Å². The van der Waals surface area contributed by atoms with Crippen molar-refractivity contribution >= 4 is 24.0 Å². The van der Waals surface area contributed by atoms with Crippen molar-refractivity contribution < 1.29 is 4.39 Å². The fourth-order valence-corrected chi connectivity index (χ4v) is 1.91. The summed E-state index contributed by atoms with van der Waals surface area (Å²) in [5.74, 6) is 0.347. The lowest BCUT2D eigenvalue weighted by Crippen LogP contribution is -2.11. The van der Waals surface area contributed by atoms with Crippen LogP contribution in [-0.2, 0) is 0 Å². The van der Waals surface area contributed by atoms with Crippen molar-refractivity contribution in [3.63, 3.8) is 0 Å². The maximum atomic E-state index is 13.1. The first-order valence-electron chi connectivity index (χ1n) is 4.88. The fourth-order valence-electron chi connectivity index (χ4n) is 1.65. The number of nitrogens with two attached hydrogens (primary N) is 1. The molecule has 0 unspecified atom stereocenters. The molecular formula is C11H14Cl2FN. The minimum atomic E-state index is -0.379. The van der Waals surface area contributed by atoms with Crippen molar-refractivity contribution in [1.29, 1.82) is 0 Å². The van der Waals surface area contributed by atoms with Gasteiger partial charge in [0, 0.05) is 6.04 Å². The van der Waals surface area contributed by atoms with Crippen LogP contribution in [0.1, 0.15) is 30.9 Å². The molecule has 1 aliphatic rings. The van der Waals surface area contributed by atoms with Crippen molar-refractivity contribution in [2.75, 3.05) is 0 Å². The van der Waals surface area contributed by atoms with Gasteiger partial charge in [0.1, 0.15) is 5.82 Å². The van der Waals surface area contributed by atoms with Crippen LogP contribution < -0.4 is 5.73 Å². The molecule has 0 heterocycles. The molecule has 15 heavy (non-hydrogen) atoms. The van der Waals surface area contributed by atoms with E-state index in [1.165, 1.54) is 18.9 Å². The van der Waals surface area contributed by atoms with E-state index in [0.717, 1.165) is 17.9 Å². The van der Waals surface area contributed by atoms with Crippen molar-refractivity contribution in [3.8, 4) is 0 Å². The van der Waals surface area contributed by atoms with E-state index in [4.69, 9.17) is 17.3 Å². The Labute approximate surface area is 100 Å². The average molecular weight is 250 g/mol. The van der Waals surface area contributed by atoms with Gasteiger partial charge in [0.25, 0.3) is 0 Å². The standard InChI is InChI=1S/C11H13ClFN.ClH/c12-11-8(2-1-3-9(11)13)10(14)6-7-4-5-7;/h1-3,7,10H,4-6,14H2;1H/t10-;/m0./s1. The predicted octanol–water partition coefficient (Wildman–Crippen LogP) is 3.70. The predicted molar refractivity (Wildman–Crippen MR) is 62.9 cm³/mol. The molecule has 0 aromatic heterocycles. The average Bonchev–Trinajstić information content (AvgIpc) is 2.93. The van der Waals surface area contributed by atoms with Crippen LogP contribution in [0.2, 0.25) is 5.02 Å². The molecule has 0 radical (unpaired) electrons. The Morgan fingerprint density at radius 3 is 2.73 bits per heavy atom. The van der Waals surface area contributed by atoms with Crippen molar-refractivity contribution in [2.24, 2.45) is 11.7 Å². The lowest BCUT2D eigenvalue weighted by atomic mass is 10.0. The van der Waals surface area contributed by atoms with Crippen LogP contribution in [0, 0.1) is 11.7 Å². The summed E-state index contributed by atoms with van der Waals surface area (Å²) in [4.78, 5) is 0. The highest BCUT2D eigenvalue weighted by atomic mass is 35.5. The van der Waals surface area contributed by atoms with Gasteiger partial charge >= 0.3 is 0 Å². The van der Waals surface area contributed by atoms with Crippen LogP contribution in [0.25, 0.3) is 0 Å². The van der Waals surface area contributed by atoms with E-state index in [2.05, 4.69) is 0 Å². The first-order chi connectivity index (χ1) is 6.68. The molecule has 84 valence electrons. The van der Waals surface area contributed by atoms with Gasteiger partial charge in [-0.2, -0.15) is 0 Å². The third-order valence-electron chi connectivity index (χ3n) is 2.67. The molecular weight excluding hydrogens is 236 g/mol. The molecule has 0 bridgehead atoms. The summed E-state index contributed by atoms with van der Waals surface area (Å²) >= 11 is 5.84. The zero-order valence-electron chi connectivity index (χ0n) is 8.25. The zero-order valence-corrected chi connectivity index (χ0v) is 9.82. The van der Waals surface area contributed by atoms with Gasteiger partial charge in [-0.25, -0.2) is 4.39 Å². The smallest absolute Gasteiger partial charge is 0.142 e. The highest BCUT2D eigenvalue weighted by Crippen LogP contribution is 2.38. The number of rotatable bonds is 3. The van der Waals surface area contributed by atoms with Crippen LogP contribution in [-0.4, -0.2) is 0 Å². The summed E-state index contributed by atoms with van der Waals surface area (Å²) < 4.78 is 13.1. The second-order valence-corrected chi connectivity index (χ2v) is 4.31. The van der Waals surface area contributed by atoms with Crippen LogP contribution in [0.3, 0.4) is 0 Å². The summed E-state index contributed by atoms with van der Waals surface area (Å²) in [5.41, 5.74) is 6.69. The summed E-state index contributed by atoms with van der Waals surface area (Å²) in [6, 6.07) is 4.70. The van der Waals surface area contributed by atoms with Crippen LogP contribution in [0.5, 0.6) is 0 Å². The summed E-state index contributed by atoms with van der Waals surface area (Å²) in [6.07, 6.45) is 3.42. The molecule has 0 spiro atoms. The van der Waals surface area contributed by atoms with Crippen LogP contribution >= 0.6 is 24.0 Å². The SMILES string of the molecule is Cl.N[C@@H](CC1CC1)c1cccc(F)c1Cl. The number of halogens is 3. The monoisotopic (exact) mass is 249 g/mol. The summed E-state index contributed by atoms with van der Waals surface area (Å²) in [5, 5.41) is 0.181. The van der Waals surface area contributed by atoms with Crippen molar-refractivity contribution in [3.05, 3.63) is 34.6 Å². The molecule has 2 rings (SSSR count). The van der Waals surface area contributed by atoms with E-state index in [9.17, 15) is 4.39 Å². The van der Waals surface area contributed by atoms with Gasteiger partial charge in [-0.1, -0.05) is 36.6 Å². The van der Waals surface area contributed by atoms with Gasteiger partial charge in [-0.3, -0.25) is 0 Å². The highest BCUT2D eigenvalue weighted by molar-refractivity contribution is 6.31. The molecule has 1 aromatic carbocycles. The van der Waals surface area contributed by atoms with E-state index in [1.54, 1.807) is 12.1 Å². The minimum Gasteiger partial charge on any atom is -0.324 e. The zero-order chi connectivity index (χ0) is 10.1. The maximum absolute atomic E-state index is 13.1. The molecule has 1 nitrogen and oxygen atoms in total. The third kappa shape index (κ3) is 3.07. The van der Waals surface area contributed by atoms with Gasteiger partial charge in [-0.05, 0) is 24.0 Å². The van der Waals surface area contributed by atoms with Gasteiger partial charge in [0.2, 0.25) is 0 Å². The first kappa shape index (κ1) is 12.8. The van der Waals surface area contributed by atoms with E-state index in [-0.39, 0.29) is 29.3 Å². The molecule has 0 saturated heterocycles. The Balaban J connectivity index is 0.00000112. The van der Waals surface area contributed by atoms with Gasteiger partial charge < -0.3 is 5.73 Å². The normalized spacial score (nSPS) is 17.0. The molecule has 0 aliphatic heterocycles.